The van der Waals surface area contributed by atoms with E-state index < -0.39 is 59.6 Å². The molecule has 0 aliphatic rings. The van der Waals surface area contributed by atoms with Crippen molar-refractivity contribution in [1.29, 1.82) is 0 Å². The van der Waals surface area contributed by atoms with Crippen molar-refractivity contribution in [1.82, 2.24) is 0 Å². The van der Waals surface area contributed by atoms with Gasteiger partial charge >= 0.3 is 5.97 Å². The van der Waals surface area contributed by atoms with Crippen molar-refractivity contribution in [3.8, 4) is 0 Å². The number of unbranched alkanes of at least 4 members (excludes halogenated alkanes) is 6. The number of methoxy groups -OCH3 is 1. The highest BCUT2D eigenvalue weighted by Gasteiger charge is 2.26. The number of aryl methyl sites for hydroxylation is 2. The van der Waals surface area contributed by atoms with Crippen LogP contribution in [0.3, 0.4) is 0 Å². The number of halogens is 2. The molecular formula is C30H43F2N3O7S2. The standard InChI is InChI=1S/C15H22FN3O3S.C15H21FO4S/c1-3-4-5-6-7-10-8-9-11(14(20)19-15(17)18)12(16)13(10)23(2,21)22;1-4-5-6-7-8-11-9-10-12(15(17)20-2)13(16)14(11)21(3,18)19/h8-9H,3-7H2,1-2H3,(H4,17,18,19,20);9-10H,4-8H2,1-3H3. The molecule has 2 aromatic rings. The number of amides is 1. The van der Waals surface area contributed by atoms with Gasteiger partial charge in [0.15, 0.2) is 37.3 Å². The molecule has 0 heterocycles. The number of nitrogens with two attached hydrogens (primary N) is 2. The second-order valence-electron chi connectivity index (χ2n) is 10.3. The maximum Gasteiger partial charge on any atom is 0.340 e. The molecule has 246 valence electrons. The van der Waals surface area contributed by atoms with Gasteiger partial charge in [0.2, 0.25) is 0 Å². The number of benzene rings is 2. The van der Waals surface area contributed by atoms with Gasteiger partial charge in [0.25, 0.3) is 5.91 Å². The van der Waals surface area contributed by atoms with Crippen molar-refractivity contribution < 1.29 is 39.9 Å². The summed E-state index contributed by atoms with van der Waals surface area (Å²) in [5.41, 5.74) is 10.2. The lowest BCUT2D eigenvalue weighted by Crippen LogP contribution is -2.24. The Morgan fingerprint density at radius 1 is 0.727 bits per heavy atom. The molecular weight excluding hydrogens is 616 g/mol. The summed E-state index contributed by atoms with van der Waals surface area (Å²) < 4.78 is 80.9. The van der Waals surface area contributed by atoms with Gasteiger partial charge in [-0.15, -0.1) is 0 Å². The molecule has 0 radical (unpaired) electrons. The third-order valence-corrected chi connectivity index (χ3v) is 8.93. The lowest BCUT2D eigenvalue weighted by Gasteiger charge is -2.11. The van der Waals surface area contributed by atoms with Gasteiger partial charge in [-0.1, -0.05) is 64.5 Å². The van der Waals surface area contributed by atoms with Crippen LogP contribution in [-0.2, 0) is 37.3 Å². The number of hydrogen-bond acceptors (Lipinski definition) is 7. The second-order valence-corrected chi connectivity index (χ2v) is 14.2. The van der Waals surface area contributed by atoms with Gasteiger partial charge in [-0.2, -0.15) is 4.99 Å². The Hall–Kier alpha value is -3.39. The topological polar surface area (TPSA) is 176 Å². The molecule has 0 saturated heterocycles. The predicted molar refractivity (Wildman–Crippen MR) is 166 cm³/mol. The second kappa shape index (κ2) is 17.8. The average molecular weight is 660 g/mol. The SMILES string of the molecule is CCCCCCc1ccc(C(=O)N=C(N)N)c(F)c1S(C)(=O)=O.CCCCCCc1ccc(C(=O)OC)c(F)c1S(C)(=O)=O. The van der Waals surface area contributed by atoms with Crippen LogP contribution < -0.4 is 11.5 Å². The monoisotopic (exact) mass is 659 g/mol. The molecule has 0 fully saturated rings. The van der Waals surface area contributed by atoms with E-state index in [0.717, 1.165) is 71.0 Å². The van der Waals surface area contributed by atoms with Crippen molar-refractivity contribution in [2.45, 2.75) is 87.8 Å². The van der Waals surface area contributed by atoms with Gasteiger partial charge in [0.05, 0.1) is 18.2 Å². The molecule has 0 aliphatic heterocycles. The van der Waals surface area contributed by atoms with Crippen LogP contribution in [0, 0.1) is 11.6 Å². The average Bonchev–Trinajstić information content (AvgIpc) is 2.91. The highest BCUT2D eigenvalue weighted by Crippen LogP contribution is 2.27. The van der Waals surface area contributed by atoms with Gasteiger partial charge in [0.1, 0.15) is 9.79 Å². The Morgan fingerprint density at radius 2 is 1.14 bits per heavy atom. The van der Waals surface area contributed by atoms with Crippen molar-refractivity contribution in [2.24, 2.45) is 16.5 Å². The molecule has 44 heavy (non-hydrogen) atoms. The zero-order valence-electron chi connectivity index (χ0n) is 25.9. The smallest absolute Gasteiger partial charge is 0.340 e. The minimum absolute atomic E-state index is 0.352. The van der Waals surface area contributed by atoms with Crippen molar-refractivity contribution in [3.05, 3.63) is 58.2 Å². The van der Waals surface area contributed by atoms with Gasteiger partial charge in [-0.25, -0.2) is 30.4 Å². The highest BCUT2D eigenvalue weighted by molar-refractivity contribution is 7.91. The first-order valence-electron chi connectivity index (χ1n) is 14.3. The number of guanidine groups is 1. The van der Waals surface area contributed by atoms with E-state index in [4.69, 9.17) is 11.5 Å². The van der Waals surface area contributed by atoms with Crippen molar-refractivity contribution in [3.63, 3.8) is 0 Å². The molecule has 1 amide bonds. The highest BCUT2D eigenvalue weighted by atomic mass is 32.2. The molecule has 0 spiro atoms. The lowest BCUT2D eigenvalue weighted by atomic mass is 10.0. The van der Waals surface area contributed by atoms with Crippen LogP contribution in [0.2, 0.25) is 0 Å². The van der Waals surface area contributed by atoms with E-state index in [1.54, 1.807) is 0 Å². The third-order valence-electron chi connectivity index (χ3n) is 6.56. The first-order valence-corrected chi connectivity index (χ1v) is 18.0. The summed E-state index contributed by atoms with van der Waals surface area (Å²) in [5, 5.41) is 0. The van der Waals surface area contributed by atoms with E-state index in [-0.39, 0.29) is 10.5 Å². The zero-order chi connectivity index (χ0) is 33.7. The van der Waals surface area contributed by atoms with Crippen LogP contribution in [0.1, 0.15) is 97.1 Å². The van der Waals surface area contributed by atoms with E-state index in [0.29, 0.717) is 24.0 Å². The maximum atomic E-state index is 14.6. The Kier molecular flexibility index (Phi) is 15.6. The molecule has 4 N–H and O–H groups in total. The van der Waals surface area contributed by atoms with Gasteiger partial charge in [-0.05, 0) is 48.9 Å². The molecule has 0 aliphatic carbocycles. The summed E-state index contributed by atoms with van der Waals surface area (Å²) in [6.07, 6.45) is 10.4. The molecule has 0 saturated carbocycles. The molecule has 2 rings (SSSR count). The zero-order valence-corrected chi connectivity index (χ0v) is 27.5. The fourth-order valence-electron chi connectivity index (χ4n) is 4.48. The number of nitrogens with zero attached hydrogens (tertiary/aromatic N) is 1. The van der Waals surface area contributed by atoms with Gasteiger partial charge in [0, 0.05) is 12.5 Å². The minimum Gasteiger partial charge on any atom is -0.465 e. The Bertz CT molecular complexity index is 1550. The number of carbonyl (C=O) groups excluding carboxylic acids is 2. The minimum atomic E-state index is -3.83. The van der Waals surface area contributed by atoms with Crippen LogP contribution >= 0.6 is 0 Å². The van der Waals surface area contributed by atoms with E-state index in [1.165, 1.54) is 24.3 Å². The maximum absolute atomic E-state index is 14.6. The normalized spacial score (nSPS) is 11.3. The first kappa shape index (κ1) is 38.6. The number of ether oxygens (including phenoxy) is 1. The Labute approximate surface area is 259 Å². The summed E-state index contributed by atoms with van der Waals surface area (Å²) in [4.78, 5) is 25.7. The molecule has 10 nitrogen and oxygen atoms in total. The van der Waals surface area contributed by atoms with Crippen molar-refractivity contribution in [2.75, 3.05) is 19.6 Å². The Balaban J connectivity index is 0.000000442. The van der Waals surface area contributed by atoms with E-state index >= 15 is 0 Å². The number of esters is 1. The van der Waals surface area contributed by atoms with Crippen LogP contribution in [0.5, 0.6) is 0 Å². The first-order chi connectivity index (χ1) is 20.5. The van der Waals surface area contributed by atoms with Gasteiger partial charge in [-0.3, -0.25) is 4.79 Å². The fourth-order valence-corrected chi connectivity index (χ4v) is 6.65. The van der Waals surface area contributed by atoms with Crippen LogP contribution in [0.4, 0.5) is 8.78 Å². The van der Waals surface area contributed by atoms with E-state index in [9.17, 15) is 35.2 Å². The lowest BCUT2D eigenvalue weighted by molar-refractivity contribution is 0.0594. The summed E-state index contributed by atoms with van der Waals surface area (Å²) in [7, 11) is -6.46. The summed E-state index contributed by atoms with van der Waals surface area (Å²) in [6, 6.07) is 5.44. The quantitative estimate of drug-likeness (QED) is 0.124. The molecule has 0 atom stereocenters. The van der Waals surface area contributed by atoms with Gasteiger partial charge < -0.3 is 16.2 Å². The molecule has 0 unspecified atom stereocenters. The fraction of sp³-hybridized carbons (Fsp3) is 0.500. The number of aliphatic imine (C=N–C) groups is 1. The third kappa shape index (κ3) is 11.6. The summed E-state index contributed by atoms with van der Waals surface area (Å²) in [6.45, 7) is 4.14. The molecule has 0 aromatic heterocycles. The molecule has 0 bridgehead atoms. The van der Waals surface area contributed by atoms with E-state index in [1.807, 2.05) is 0 Å². The van der Waals surface area contributed by atoms with Crippen molar-refractivity contribution >= 4 is 37.5 Å². The molecule has 14 heteroatoms. The number of hydrogen-bond donors (Lipinski definition) is 2. The van der Waals surface area contributed by atoms with E-state index in [2.05, 4.69) is 23.6 Å². The predicted octanol–water partition coefficient (Wildman–Crippen LogP) is 4.90. The molecule has 2 aromatic carbocycles. The van der Waals surface area contributed by atoms with Crippen LogP contribution in [0.25, 0.3) is 0 Å². The number of sulfone groups is 2. The number of rotatable bonds is 14. The summed E-state index contributed by atoms with van der Waals surface area (Å²) >= 11 is 0. The number of carbonyl (C=O) groups is 2. The summed E-state index contributed by atoms with van der Waals surface area (Å²) in [5.74, 6) is -4.52. The Morgan fingerprint density at radius 3 is 1.50 bits per heavy atom. The van der Waals surface area contributed by atoms with Crippen LogP contribution in [-0.4, -0.2) is 54.3 Å². The largest absolute Gasteiger partial charge is 0.465 e. The van der Waals surface area contributed by atoms with Crippen LogP contribution in [0.15, 0.2) is 39.0 Å².